The number of thiophene rings is 1. The number of fused-ring (bicyclic) bond motifs is 1. The van der Waals surface area contributed by atoms with Crippen molar-refractivity contribution in [2.75, 3.05) is 14.1 Å². The standard InChI is InChI=1S/C17H13ClN4S/c1-22(2)10-21-16-14-7-12(11-4-3-5-13(18)6-11)9-20-17(14)23-15(16)8-19/h3-7,9-10H,1-2H3. The molecule has 2 aromatic heterocycles. The molecule has 0 N–H and O–H groups in total. The summed E-state index contributed by atoms with van der Waals surface area (Å²) in [6, 6.07) is 11.8. The monoisotopic (exact) mass is 340 g/mol. The number of aliphatic imine (C=N–C) groups is 1. The lowest BCUT2D eigenvalue weighted by atomic mass is 10.1. The molecule has 1 aromatic carbocycles. The van der Waals surface area contributed by atoms with Crippen molar-refractivity contribution in [3.05, 3.63) is 46.4 Å². The number of hydrogen-bond donors (Lipinski definition) is 0. The Morgan fingerprint density at radius 1 is 1.30 bits per heavy atom. The van der Waals surface area contributed by atoms with Crippen LogP contribution in [0.15, 0.2) is 41.5 Å². The van der Waals surface area contributed by atoms with Crippen molar-refractivity contribution in [2.45, 2.75) is 0 Å². The quantitative estimate of drug-likeness (QED) is 0.512. The topological polar surface area (TPSA) is 52.3 Å². The minimum Gasteiger partial charge on any atom is -0.369 e. The van der Waals surface area contributed by atoms with E-state index in [-0.39, 0.29) is 0 Å². The van der Waals surface area contributed by atoms with E-state index < -0.39 is 0 Å². The summed E-state index contributed by atoms with van der Waals surface area (Å²) in [4.78, 5) is 12.1. The fourth-order valence-electron chi connectivity index (χ4n) is 2.17. The van der Waals surface area contributed by atoms with Crippen molar-refractivity contribution >= 4 is 45.2 Å². The van der Waals surface area contributed by atoms with Gasteiger partial charge in [0.15, 0.2) is 0 Å². The first kappa shape index (κ1) is 15.5. The highest BCUT2D eigenvalue weighted by molar-refractivity contribution is 7.19. The summed E-state index contributed by atoms with van der Waals surface area (Å²) < 4.78 is 0. The highest BCUT2D eigenvalue weighted by Crippen LogP contribution is 2.38. The molecule has 0 spiro atoms. The molecule has 0 unspecified atom stereocenters. The molecule has 6 heteroatoms. The SMILES string of the molecule is CN(C)C=Nc1c(C#N)sc2ncc(-c3cccc(Cl)c3)cc12. The predicted octanol–water partition coefficient (Wildman–Crippen LogP) is 4.71. The molecule has 23 heavy (non-hydrogen) atoms. The summed E-state index contributed by atoms with van der Waals surface area (Å²) >= 11 is 7.42. The van der Waals surface area contributed by atoms with Gasteiger partial charge in [0.2, 0.25) is 0 Å². The van der Waals surface area contributed by atoms with Crippen molar-refractivity contribution in [2.24, 2.45) is 4.99 Å². The highest BCUT2D eigenvalue weighted by atomic mass is 35.5. The fraction of sp³-hybridized carbons (Fsp3) is 0.118. The van der Waals surface area contributed by atoms with Gasteiger partial charge in [-0.15, -0.1) is 11.3 Å². The second-order valence-electron chi connectivity index (χ2n) is 5.19. The molecule has 0 saturated heterocycles. The summed E-state index contributed by atoms with van der Waals surface area (Å²) in [6.45, 7) is 0. The second-order valence-corrected chi connectivity index (χ2v) is 6.62. The third kappa shape index (κ3) is 3.19. The highest BCUT2D eigenvalue weighted by Gasteiger charge is 2.13. The van der Waals surface area contributed by atoms with Crippen LogP contribution in [0.4, 0.5) is 5.69 Å². The molecule has 0 radical (unpaired) electrons. The molecule has 2 heterocycles. The zero-order valence-electron chi connectivity index (χ0n) is 12.6. The van der Waals surface area contributed by atoms with Gasteiger partial charge in [-0.1, -0.05) is 23.7 Å². The Balaban J connectivity index is 2.18. The van der Waals surface area contributed by atoms with Gasteiger partial charge < -0.3 is 4.90 Å². The number of aromatic nitrogens is 1. The third-order valence-corrected chi connectivity index (χ3v) is 4.44. The lowest BCUT2D eigenvalue weighted by Crippen LogP contribution is -2.06. The lowest BCUT2D eigenvalue weighted by molar-refractivity contribution is 0.643. The summed E-state index contributed by atoms with van der Waals surface area (Å²) in [5, 5.41) is 10.9. The molecule has 114 valence electrons. The minimum absolute atomic E-state index is 0.564. The van der Waals surface area contributed by atoms with Gasteiger partial charge in [0, 0.05) is 36.3 Å². The molecule has 3 aromatic rings. The van der Waals surface area contributed by atoms with Crippen molar-refractivity contribution in [3.8, 4) is 17.2 Å². The normalized spacial score (nSPS) is 11.0. The first-order valence-corrected chi connectivity index (χ1v) is 8.07. The smallest absolute Gasteiger partial charge is 0.133 e. The first-order valence-electron chi connectivity index (χ1n) is 6.87. The summed E-state index contributed by atoms with van der Waals surface area (Å²) in [5.74, 6) is 0. The summed E-state index contributed by atoms with van der Waals surface area (Å²) in [6.07, 6.45) is 3.49. The van der Waals surface area contributed by atoms with E-state index in [9.17, 15) is 5.26 Å². The molecular formula is C17H13ClN4S. The van der Waals surface area contributed by atoms with Crippen molar-refractivity contribution in [3.63, 3.8) is 0 Å². The first-order chi connectivity index (χ1) is 11.1. The van der Waals surface area contributed by atoms with E-state index in [1.165, 1.54) is 11.3 Å². The van der Waals surface area contributed by atoms with Gasteiger partial charge in [-0.25, -0.2) is 9.98 Å². The van der Waals surface area contributed by atoms with E-state index in [4.69, 9.17) is 11.6 Å². The third-order valence-electron chi connectivity index (χ3n) is 3.20. The van der Waals surface area contributed by atoms with Crippen LogP contribution in [0, 0.1) is 11.3 Å². The van der Waals surface area contributed by atoms with Gasteiger partial charge in [0.05, 0.1) is 6.34 Å². The number of halogens is 1. The van der Waals surface area contributed by atoms with Crippen LogP contribution in [0.1, 0.15) is 4.88 Å². The largest absolute Gasteiger partial charge is 0.369 e. The van der Waals surface area contributed by atoms with Crippen LogP contribution >= 0.6 is 22.9 Å². The van der Waals surface area contributed by atoms with Gasteiger partial charge in [-0.2, -0.15) is 5.26 Å². The van der Waals surface area contributed by atoms with E-state index in [0.29, 0.717) is 15.6 Å². The Bertz CT molecular complexity index is 937. The van der Waals surface area contributed by atoms with Crippen LogP contribution in [0.5, 0.6) is 0 Å². The van der Waals surface area contributed by atoms with Crippen LogP contribution in [0.3, 0.4) is 0 Å². The van der Waals surface area contributed by atoms with Gasteiger partial charge in [-0.3, -0.25) is 0 Å². The maximum absolute atomic E-state index is 9.34. The average molecular weight is 341 g/mol. The number of rotatable bonds is 3. The molecule has 0 atom stereocenters. The van der Waals surface area contributed by atoms with Crippen LogP contribution < -0.4 is 0 Å². The number of hydrogen-bond acceptors (Lipinski definition) is 4. The Kier molecular flexibility index (Phi) is 4.28. The van der Waals surface area contributed by atoms with E-state index >= 15 is 0 Å². The predicted molar refractivity (Wildman–Crippen MR) is 96.6 cm³/mol. The Morgan fingerprint density at radius 3 is 2.83 bits per heavy atom. The molecule has 0 amide bonds. The molecule has 0 bridgehead atoms. The molecule has 0 fully saturated rings. The fourth-order valence-corrected chi connectivity index (χ4v) is 3.23. The molecule has 3 rings (SSSR count). The Labute approximate surface area is 143 Å². The number of nitriles is 1. The van der Waals surface area contributed by atoms with Gasteiger partial charge in [-0.05, 0) is 23.8 Å². The van der Waals surface area contributed by atoms with Crippen LogP contribution in [-0.4, -0.2) is 30.3 Å². The molecule has 0 aliphatic heterocycles. The number of pyridine rings is 1. The van der Waals surface area contributed by atoms with Gasteiger partial charge in [0.1, 0.15) is 21.5 Å². The maximum atomic E-state index is 9.34. The molecule has 0 saturated carbocycles. The summed E-state index contributed by atoms with van der Waals surface area (Å²) in [5.41, 5.74) is 2.60. The van der Waals surface area contributed by atoms with Crippen molar-refractivity contribution in [1.29, 1.82) is 5.26 Å². The van der Waals surface area contributed by atoms with Crippen molar-refractivity contribution < 1.29 is 0 Å². The van der Waals surface area contributed by atoms with E-state index in [0.717, 1.165) is 21.3 Å². The van der Waals surface area contributed by atoms with Gasteiger partial charge in [0.25, 0.3) is 0 Å². The number of nitrogens with zero attached hydrogens (tertiary/aromatic N) is 4. The Morgan fingerprint density at radius 2 is 2.13 bits per heavy atom. The van der Waals surface area contributed by atoms with E-state index in [2.05, 4.69) is 16.0 Å². The summed E-state index contributed by atoms with van der Waals surface area (Å²) in [7, 11) is 3.78. The van der Waals surface area contributed by atoms with Crippen LogP contribution in [0.2, 0.25) is 5.02 Å². The molecule has 4 nitrogen and oxygen atoms in total. The Hall–Kier alpha value is -2.42. The molecular weight excluding hydrogens is 328 g/mol. The van der Waals surface area contributed by atoms with Crippen LogP contribution in [-0.2, 0) is 0 Å². The lowest BCUT2D eigenvalue weighted by Gasteiger charge is -2.04. The maximum Gasteiger partial charge on any atom is 0.133 e. The van der Waals surface area contributed by atoms with Crippen molar-refractivity contribution in [1.82, 2.24) is 9.88 Å². The average Bonchev–Trinajstić information content (AvgIpc) is 2.89. The van der Waals surface area contributed by atoms with Gasteiger partial charge >= 0.3 is 0 Å². The molecule has 0 aliphatic carbocycles. The zero-order valence-corrected chi connectivity index (χ0v) is 14.2. The van der Waals surface area contributed by atoms with E-state index in [1.807, 2.05) is 49.3 Å². The zero-order chi connectivity index (χ0) is 16.4. The number of benzene rings is 1. The van der Waals surface area contributed by atoms with E-state index in [1.54, 1.807) is 12.5 Å². The second kappa shape index (κ2) is 6.37. The minimum atomic E-state index is 0.564. The van der Waals surface area contributed by atoms with Crippen LogP contribution in [0.25, 0.3) is 21.3 Å². The molecule has 0 aliphatic rings.